The third-order valence-corrected chi connectivity index (χ3v) is 3.64. The number of benzene rings is 2. The Balaban J connectivity index is 1.42. The molecular formula is C18H14N2O4. The molecular weight excluding hydrogens is 308 g/mol. The van der Waals surface area contributed by atoms with Gasteiger partial charge in [-0.25, -0.2) is 9.48 Å². The predicted molar refractivity (Wildman–Crippen MR) is 85.2 cm³/mol. The van der Waals surface area contributed by atoms with Crippen LogP contribution >= 0.6 is 0 Å². The number of fused-ring (bicyclic) bond motifs is 1. The maximum absolute atomic E-state index is 12.1. The van der Waals surface area contributed by atoms with Crippen molar-refractivity contribution in [1.82, 2.24) is 9.78 Å². The molecule has 4 rings (SSSR count). The van der Waals surface area contributed by atoms with Gasteiger partial charge in [-0.3, -0.25) is 0 Å². The van der Waals surface area contributed by atoms with Crippen LogP contribution in [0.4, 0.5) is 0 Å². The summed E-state index contributed by atoms with van der Waals surface area (Å²) in [7, 11) is 0. The van der Waals surface area contributed by atoms with Crippen LogP contribution in [0.2, 0.25) is 0 Å². The van der Waals surface area contributed by atoms with E-state index in [1.165, 1.54) is 0 Å². The molecule has 0 fully saturated rings. The Hall–Kier alpha value is -3.28. The Morgan fingerprint density at radius 3 is 2.83 bits per heavy atom. The lowest BCUT2D eigenvalue weighted by Gasteiger charge is -2.04. The average Bonchev–Trinajstić information content (AvgIpc) is 3.29. The van der Waals surface area contributed by atoms with Gasteiger partial charge in [0.1, 0.15) is 6.61 Å². The predicted octanol–water partition coefficient (Wildman–Crippen LogP) is 2.96. The summed E-state index contributed by atoms with van der Waals surface area (Å²) in [5.74, 6) is 0.776. The highest BCUT2D eigenvalue weighted by molar-refractivity contribution is 5.90. The molecule has 0 radical (unpaired) electrons. The first-order valence-corrected chi connectivity index (χ1v) is 7.45. The molecule has 24 heavy (non-hydrogen) atoms. The van der Waals surface area contributed by atoms with E-state index in [9.17, 15) is 4.79 Å². The van der Waals surface area contributed by atoms with Crippen molar-refractivity contribution >= 4 is 5.97 Å². The zero-order valence-corrected chi connectivity index (χ0v) is 12.7. The third-order valence-electron chi connectivity index (χ3n) is 3.64. The highest BCUT2D eigenvalue weighted by Crippen LogP contribution is 2.32. The summed E-state index contributed by atoms with van der Waals surface area (Å²) in [6.07, 6.45) is 3.52. The number of aromatic nitrogens is 2. The van der Waals surface area contributed by atoms with E-state index >= 15 is 0 Å². The summed E-state index contributed by atoms with van der Waals surface area (Å²) in [6, 6.07) is 14.7. The van der Waals surface area contributed by atoms with E-state index in [4.69, 9.17) is 14.2 Å². The lowest BCUT2D eigenvalue weighted by atomic mass is 10.2. The number of rotatable bonds is 4. The van der Waals surface area contributed by atoms with Crippen LogP contribution in [0.3, 0.4) is 0 Å². The first-order chi connectivity index (χ1) is 11.8. The number of para-hydroxylation sites is 1. The molecule has 0 saturated carbocycles. The van der Waals surface area contributed by atoms with Crippen LogP contribution in [-0.2, 0) is 11.3 Å². The summed E-state index contributed by atoms with van der Waals surface area (Å²) in [6.45, 7) is 0.326. The van der Waals surface area contributed by atoms with E-state index in [1.807, 2.05) is 36.5 Å². The minimum atomic E-state index is -0.416. The van der Waals surface area contributed by atoms with E-state index in [0.717, 1.165) is 11.3 Å². The van der Waals surface area contributed by atoms with Crippen LogP contribution in [0.15, 0.2) is 60.9 Å². The van der Waals surface area contributed by atoms with Gasteiger partial charge in [0.05, 0.1) is 17.4 Å². The zero-order valence-electron chi connectivity index (χ0n) is 12.7. The molecule has 120 valence electrons. The minimum Gasteiger partial charge on any atom is -0.457 e. The second kappa shape index (κ2) is 6.08. The van der Waals surface area contributed by atoms with E-state index in [-0.39, 0.29) is 13.4 Å². The Bertz CT molecular complexity index is 874. The summed E-state index contributed by atoms with van der Waals surface area (Å²) in [5, 5.41) is 4.27. The summed E-state index contributed by atoms with van der Waals surface area (Å²) >= 11 is 0. The standard InChI is InChI=1S/C18H14N2O4/c21-18(14-6-7-16-17(8-14)24-12-23-16)22-11-13-9-19-20(10-13)15-4-2-1-3-5-15/h1-10H,11-12H2. The Labute approximate surface area is 138 Å². The molecule has 3 aromatic rings. The first-order valence-electron chi connectivity index (χ1n) is 7.45. The average molecular weight is 322 g/mol. The molecule has 0 saturated heterocycles. The number of ether oxygens (including phenoxy) is 3. The molecule has 0 unspecified atom stereocenters. The molecule has 2 heterocycles. The second-order valence-electron chi connectivity index (χ2n) is 5.27. The van der Waals surface area contributed by atoms with Crippen LogP contribution in [0.5, 0.6) is 11.5 Å². The lowest BCUT2D eigenvalue weighted by molar-refractivity contribution is 0.0472. The van der Waals surface area contributed by atoms with Crippen LogP contribution in [-0.4, -0.2) is 22.5 Å². The summed E-state index contributed by atoms with van der Waals surface area (Å²) < 4.78 is 17.6. The van der Waals surface area contributed by atoms with Crippen molar-refractivity contribution in [2.24, 2.45) is 0 Å². The monoisotopic (exact) mass is 322 g/mol. The van der Waals surface area contributed by atoms with E-state index in [1.54, 1.807) is 29.1 Å². The van der Waals surface area contributed by atoms with Gasteiger partial charge in [-0.1, -0.05) is 18.2 Å². The van der Waals surface area contributed by atoms with Gasteiger partial charge in [0, 0.05) is 11.8 Å². The number of esters is 1. The molecule has 6 nitrogen and oxygen atoms in total. The Morgan fingerprint density at radius 1 is 1.12 bits per heavy atom. The molecule has 2 aromatic carbocycles. The van der Waals surface area contributed by atoms with Crippen molar-refractivity contribution in [3.63, 3.8) is 0 Å². The fourth-order valence-electron chi connectivity index (χ4n) is 2.41. The molecule has 1 aliphatic rings. The van der Waals surface area contributed by atoms with Crippen LogP contribution in [0, 0.1) is 0 Å². The van der Waals surface area contributed by atoms with E-state index in [0.29, 0.717) is 17.1 Å². The van der Waals surface area contributed by atoms with Gasteiger partial charge in [0.15, 0.2) is 11.5 Å². The number of hydrogen-bond donors (Lipinski definition) is 0. The molecule has 0 amide bonds. The molecule has 0 atom stereocenters. The molecule has 0 bridgehead atoms. The Kier molecular flexibility index (Phi) is 3.63. The van der Waals surface area contributed by atoms with Gasteiger partial charge in [-0.2, -0.15) is 5.10 Å². The second-order valence-corrected chi connectivity index (χ2v) is 5.27. The molecule has 6 heteroatoms. The summed E-state index contributed by atoms with van der Waals surface area (Å²) in [5.41, 5.74) is 2.19. The fourth-order valence-corrected chi connectivity index (χ4v) is 2.41. The van der Waals surface area contributed by atoms with Gasteiger partial charge in [-0.15, -0.1) is 0 Å². The Morgan fingerprint density at radius 2 is 1.96 bits per heavy atom. The van der Waals surface area contributed by atoms with Gasteiger partial charge in [0.25, 0.3) is 0 Å². The number of carbonyl (C=O) groups excluding carboxylic acids is 1. The maximum Gasteiger partial charge on any atom is 0.338 e. The molecule has 1 aromatic heterocycles. The highest BCUT2D eigenvalue weighted by atomic mass is 16.7. The van der Waals surface area contributed by atoms with Crippen LogP contribution in [0.25, 0.3) is 5.69 Å². The van der Waals surface area contributed by atoms with E-state index in [2.05, 4.69) is 5.10 Å². The van der Waals surface area contributed by atoms with Gasteiger partial charge in [0.2, 0.25) is 6.79 Å². The first kappa shape index (κ1) is 14.3. The van der Waals surface area contributed by atoms with Crippen molar-refractivity contribution in [1.29, 1.82) is 0 Å². The zero-order chi connectivity index (χ0) is 16.4. The topological polar surface area (TPSA) is 62.6 Å². The van der Waals surface area contributed by atoms with Gasteiger partial charge >= 0.3 is 5.97 Å². The molecule has 0 spiro atoms. The molecule has 1 aliphatic heterocycles. The van der Waals surface area contributed by atoms with Crippen molar-refractivity contribution in [2.45, 2.75) is 6.61 Å². The van der Waals surface area contributed by atoms with Crippen molar-refractivity contribution in [2.75, 3.05) is 6.79 Å². The highest BCUT2D eigenvalue weighted by Gasteiger charge is 2.17. The van der Waals surface area contributed by atoms with Crippen LogP contribution in [0.1, 0.15) is 15.9 Å². The van der Waals surface area contributed by atoms with E-state index < -0.39 is 5.97 Å². The smallest absolute Gasteiger partial charge is 0.338 e. The third kappa shape index (κ3) is 2.81. The molecule has 0 N–H and O–H groups in total. The lowest BCUT2D eigenvalue weighted by Crippen LogP contribution is -2.04. The van der Waals surface area contributed by atoms with Crippen LogP contribution < -0.4 is 9.47 Å². The number of nitrogens with zero attached hydrogens (tertiary/aromatic N) is 2. The number of hydrogen-bond acceptors (Lipinski definition) is 5. The molecule has 0 aliphatic carbocycles. The number of carbonyl (C=O) groups is 1. The summed E-state index contributed by atoms with van der Waals surface area (Å²) in [4.78, 5) is 12.1. The largest absolute Gasteiger partial charge is 0.457 e. The van der Waals surface area contributed by atoms with Gasteiger partial charge in [-0.05, 0) is 30.3 Å². The SMILES string of the molecule is O=C(OCc1cnn(-c2ccccc2)c1)c1ccc2c(c1)OCO2. The van der Waals surface area contributed by atoms with Crippen molar-refractivity contribution in [3.8, 4) is 17.2 Å². The van der Waals surface area contributed by atoms with Crippen molar-refractivity contribution < 1.29 is 19.0 Å². The van der Waals surface area contributed by atoms with Gasteiger partial charge < -0.3 is 14.2 Å². The maximum atomic E-state index is 12.1. The normalized spacial score (nSPS) is 12.2. The fraction of sp³-hybridized carbons (Fsp3) is 0.111. The quantitative estimate of drug-likeness (QED) is 0.691. The van der Waals surface area contributed by atoms with Crippen molar-refractivity contribution in [3.05, 3.63) is 72.1 Å². The minimum absolute atomic E-state index is 0.153.